The van der Waals surface area contributed by atoms with Crippen LogP contribution >= 0.6 is 11.6 Å². The molecular weight excluding hydrogens is 208 g/mol. The van der Waals surface area contributed by atoms with Gasteiger partial charge in [-0.15, -0.1) is 0 Å². The minimum Gasteiger partial charge on any atom is -0.398 e. The summed E-state index contributed by atoms with van der Waals surface area (Å²) in [5, 5.41) is 0.579. The molecule has 0 spiro atoms. The van der Waals surface area contributed by atoms with Gasteiger partial charge in [0.05, 0.1) is 10.7 Å². The molecule has 2 rings (SSSR count). The van der Waals surface area contributed by atoms with Crippen molar-refractivity contribution in [1.82, 2.24) is 4.98 Å². The minimum atomic E-state index is 0.579. The summed E-state index contributed by atoms with van der Waals surface area (Å²) < 4.78 is 0. The number of hydrogen-bond acceptors (Lipinski definition) is 2. The number of hydrogen-bond donors (Lipinski definition) is 1. The molecule has 0 amide bonds. The van der Waals surface area contributed by atoms with Crippen molar-refractivity contribution in [3.8, 4) is 11.1 Å². The summed E-state index contributed by atoms with van der Waals surface area (Å²) in [6.07, 6.45) is 1.78. The Hall–Kier alpha value is -1.54. The third-order valence-electron chi connectivity index (χ3n) is 2.32. The second kappa shape index (κ2) is 3.91. The first-order valence-corrected chi connectivity index (χ1v) is 5.03. The highest BCUT2D eigenvalue weighted by Crippen LogP contribution is 2.27. The molecule has 0 unspecified atom stereocenters. The third-order valence-corrected chi connectivity index (χ3v) is 2.65. The molecule has 3 heteroatoms. The fourth-order valence-electron chi connectivity index (χ4n) is 1.48. The summed E-state index contributed by atoms with van der Waals surface area (Å²) in [7, 11) is 0. The number of aryl methyl sites for hydroxylation is 1. The number of benzene rings is 1. The van der Waals surface area contributed by atoms with E-state index in [1.54, 1.807) is 6.20 Å². The quantitative estimate of drug-likeness (QED) is 0.746. The molecule has 76 valence electrons. The Morgan fingerprint density at radius 3 is 2.73 bits per heavy atom. The second-order valence-electron chi connectivity index (χ2n) is 3.37. The van der Waals surface area contributed by atoms with E-state index in [-0.39, 0.29) is 0 Å². The van der Waals surface area contributed by atoms with Crippen molar-refractivity contribution in [3.05, 3.63) is 47.2 Å². The van der Waals surface area contributed by atoms with Gasteiger partial charge in [0.2, 0.25) is 0 Å². The number of nitrogens with two attached hydrogens (primary N) is 1. The van der Waals surface area contributed by atoms with Crippen LogP contribution in [0, 0.1) is 6.92 Å². The van der Waals surface area contributed by atoms with Crippen LogP contribution in [0.15, 0.2) is 36.5 Å². The lowest BCUT2D eigenvalue weighted by molar-refractivity contribution is 1.20. The highest BCUT2D eigenvalue weighted by molar-refractivity contribution is 6.33. The van der Waals surface area contributed by atoms with Gasteiger partial charge in [-0.1, -0.05) is 23.7 Å². The van der Waals surface area contributed by atoms with Crippen molar-refractivity contribution >= 4 is 17.3 Å². The Balaban J connectivity index is 2.55. The first-order chi connectivity index (χ1) is 7.18. The third kappa shape index (κ3) is 1.95. The smallest absolute Gasteiger partial charge is 0.0641 e. The zero-order valence-electron chi connectivity index (χ0n) is 8.37. The molecule has 2 N–H and O–H groups in total. The van der Waals surface area contributed by atoms with E-state index in [4.69, 9.17) is 17.3 Å². The average Bonchev–Trinajstić information content (AvgIpc) is 2.23. The van der Waals surface area contributed by atoms with E-state index in [2.05, 4.69) is 4.98 Å². The molecule has 0 aliphatic carbocycles. The summed E-state index contributed by atoms with van der Waals surface area (Å²) >= 11 is 5.97. The number of nitrogens with zero attached hydrogens (tertiary/aromatic N) is 1. The standard InChI is InChI=1S/C12H11ClN2/c1-8-10(3-2-6-15-8)9-4-5-12(14)11(13)7-9/h2-7H,14H2,1H3. The maximum absolute atomic E-state index is 5.97. The summed E-state index contributed by atoms with van der Waals surface area (Å²) in [6, 6.07) is 9.55. The molecular formula is C12H11ClN2. The van der Waals surface area contributed by atoms with Crippen LogP contribution in [0.5, 0.6) is 0 Å². The Bertz CT molecular complexity index is 495. The van der Waals surface area contributed by atoms with Crippen molar-refractivity contribution in [2.24, 2.45) is 0 Å². The first-order valence-electron chi connectivity index (χ1n) is 4.65. The van der Waals surface area contributed by atoms with Gasteiger partial charge >= 0.3 is 0 Å². The van der Waals surface area contributed by atoms with Gasteiger partial charge in [-0.2, -0.15) is 0 Å². The number of aromatic nitrogens is 1. The molecule has 1 aromatic carbocycles. The summed E-state index contributed by atoms with van der Waals surface area (Å²) in [5.74, 6) is 0. The van der Waals surface area contributed by atoms with Crippen LogP contribution in [-0.4, -0.2) is 4.98 Å². The van der Waals surface area contributed by atoms with Crippen LogP contribution in [0.1, 0.15) is 5.69 Å². The Labute approximate surface area is 93.7 Å². The Morgan fingerprint density at radius 1 is 1.27 bits per heavy atom. The van der Waals surface area contributed by atoms with Gasteiger partial charge in [0, 0.05) is 17.5 Å². The normalized spacial score (nSPS) is 10.3. The van der Waals surface area contributed by atoms with Crippen molar-refractivity contribution in [1.29, 1.82) is 0 Å². The molecule has 2 nitrogen and oxygen atoms in total. The predicted octanol–water partition coefficient (Wildman–Crippen LogP) is 3.29. The molecule has 0 saturated heterocycles. The molecule has 0 radical (unpaired) electrons. The lowest BCUT2D eigenvalue weighted by atomic mass is 10.0. The summed E-state index contributed by atoms with van der Waals surface area (Å²) in [5.41, 5.74) is 9.37. The van der Waals surface area contributed by atoms with Crippen LogP contribution in [0.2, 0.25) is 5.02 Å². The number of rotatable bonds is 1. The zero-order chi connectivity index (χ0) is 10.8. The molecule has 0 fully saturated rings. The van der Waals surface area contributed by atoms with E-state index >= 15 is 0 Å². The molecule has 0 saturated carbocycles. The monoisotopic (exact) mass is 218 g/mol. The highest BCUT2D eigenvalue weighted by Gasteiger charge is 2.03. The lowest BCUT2D eigenvalue weighted by Gasteiger charge is -2.06. The summed E-state index contributed by atoms with van der Waals surface area (Å²) in [4.78, 5) is 4.23. The fraction of sp³-hybridized carbons (Fsp3) is 0.0833. The van der Waals surface area contributed by atoms with E-state index in [0.717, 1.165) is 16.8 Å². The van der Waals surface area contributed by atoms with Gasteiger partial charge in [-0.25, -0.2) is 0 Å². The van der Waals surface area contributed by atoms with Gasteiger partial charge in [0.1, 0.15) is 0 Å². The maximum Gasteiger partial charge on any atom is 0.0641 e. The molecule has 0 atom stereocenters. The summed E-state index contributed by atoms with van der Waals surface area (Å²) in [6.45, 7) is 1.97. The number of halogens is 1. The topological polar surface area (TPSA) is 38.9 Å². The van der Waals surface area contributed by atoms with Crippen LogP contribution in [0.4, 0.5) is 5.69 Å². The lowest BCUT2D eigenvalue weighted by Crippen LogP contribution is -1.89. The predicted molar refractivity (Wildman–Crippen MR) is 63.8 cm³/mol. The number of nitrogen functional groups attached to an aromatic ring is 1. The Morgan fingerprint density at radius 2 is 2.07 bits per heavy atom. The molecule has 0 aliphatic heterocycles. The van der Waals surface area contributed by atoms with E-state index in [1.807, 2.05) is 37.3 Å². The first kappa shape index (κ1) is 9.99. The van der Waals surface area contributed by atoms with E-state index in [1.165, 1.54) is 0 Å². The van der Waals surface area contributed by atoms with Gasteiger partial charge in [-0.05, 0) is 30.7 Å². The molecule has 2 aromatic rings. The van der Waals surface area contributed by atoms with Gasteiger partial charge in [0.25, 0.3) is 0 Å². The SMILES string of the molecule is Cc1ncccc1-c1ccc(N)c(Cl)c1. The van der Waals surface area contributed by atoms with E-state index in [0.29, 0.717) is 10.7 Å². The maximum atomic E-state index is 5.97. The van der Waals surface area contributed by atoms with Crippen LogP contribution < -0.4 is 5.73 Å². The zero-order valence-corrected chi connectivity index (χ0v) is 9.12. The second-order valence-corrected chi connectivity index (χ2v) is 3.78. The van der Waals surface area contributed by atoms with Crippen LogP contribution in [0.3, 0.4) is 0 Å². The highest BCUT2D eigenvalue weighted by atomic mass is 35.5. The van der Waals surface area contributed by atoms with Crippen molar-refractivity contribution < 1.29 is 0 Å². The van der Waals surface area contributed by atoms with Crippen molar-refractivity contribution in [2.75, 3.05) is 5.73 Å². The van der Waals surface area contributed by atoms with Gasteiger partial charge < -0.3 is 5.73 Å². The van der Waals surface area contributed by atoms with Crippen LogP contribution in [0.25, 0.3) is 11.1 Å². The van der Waals surface area contributed by atoms with Gasteiger partial charge in [0.15, 0.2) is 0 Å². The van der Waals surface area contributed by atoms with Crippen LogP contribution in [-0.2, 0) is 0 Å². The molecule has 0 bridgehead atoms. The number of pyridine rings is 1. The van der Waals surface area contributed by atoms with E-state index in [9.17, 15) is 0 Å². The van der Waals surface area contributed by atoms with E-state index < -0.39 is 0 Å². The Kier molecular flexibility index (Phi) is 2.60. The largest absolute Gasteiger partial charge is 0.398 e. The van der Waals surface area contributed by atoms with Gasteiger partial charge in [-0.3, -0.25) is 4.98 Å². The number of anilines is 1. The van der Waals surface area contributed by atoms with Crippen molar-refractivity contribution in [2.45, 2.75) is 6.92 Å². The molecule has 15 heavy (non-hydrogen) atoms. The molecule has 0 aliphatic rings. The molecule has 1 aromatic heterocycles. The molecule has 1 heterocycles. The van der Waals surface area contributed by atoms with Crippen molar-refractivity contribution in [3.63, 3.8) is 0 Å². The average molecular weight is 219 g/mol. The minimum absolute atomic E-state index is 0.579. The fourth-order valence-corrected chi connectivity index (χ4v) is 1.66.